The molecule has 2 N–H and O–H groups in total. The van der Waals surface area contributed by atoms with Crippen LogP contribution in [0.3, 0.4) is 0 Å². The van der Waals surface area contributed by atoms with Gasteiger partial charge in [0, 0.05) is 12.7 Å². The second-order valence-electron chi connectivity index (χ2n) is 5.33. The van der Waals surface area contributed by atoms with Crippen LogP contribution >= 0.6 is 0 Å². The molecular weight excluding hydrogens is 254 g/mol. The molecule has 1 aliphatic rings. The largest absolute Gasteiger partial charge is 0.496 e. The third-order valence-corrected chi connectivity index (χ3v) is 3.96. The zero-order valence-electron chi connectivity index (χ0n) is 12.4. The Bertz CT molecular complexity index is 410. The summed E-state index contributed by atoms with van der Waals surface area (Å²) < 4.78 is 16.7. The van der Waals surface area contributed by atoms with Crippen molar-refractivity contribution in [3.63, 3.8) is 0 Å². The fourth-order valence-corrected chi connectivity index (χ4v) is 2.77. The zero-order chi connectivity index (χ0) is 14.4. The fraction of sp³-hybridized carbons (Fsp3) is 0.625. The maximum absolute atomic E-state index is 6.22. The molecule has 0 amide bonds. The van der Waals surface area contributed by atoms with Crippen molar-refractivity contribution >= 4 is 0 Å². The quantitative estimate of drug-likeness (QED) is 0.870. The minimum absolute atomic E-state index is 0.158. The molecule has 1 aliphatic carbocycles. The van der Waals surface area contributed by atoms with Gasteiger partial charge in [0.1, 0.15) is 5.75 Å². The van der Waals surface area contributed by atoms with Crippen LogP contribution in [0.2, 0.25) is 0 Å². The maximum Gasteiger partial charge on any atom is 0.123 e. The van der Waals surface area contributed by atoms with Crippen LogP contribution in [0.25, 0.3) is 0 Å². The van der Waals surface area contributed by atoms with Crippen LogP contribution in [-0.2, 0) is 9.47 Å². The van der Waals surface area contributed by atoms with E-state index in [2.05, 4.69) is 0 Å². The highest BCUT2D eigenvalue weighted by Gasteiger charge is 2.23. The van der Waals surface area contributed by atoms with Gasteiger partial charge in [0.15, 0.2) is 0 Å². The number of methoxy groups -OCH3 is 2. The van der Waals surface area contributed by atoms with E-state index < -0.39 is 0 Å². The van der Waals surface area contributed by atoms with Crippen LogP contribution in [0.5, 0.6) is 5.75 Å². The molecule has 20 heavy (non-hydrogen) atoms. The standard InChI is InChI=1S/C16H25NO3/c1-18-12-6-5-7-13(10-12)20-11-15(17)14-8-3-4-9-16(14)19-2/h3-4,8-9,12-13,15H,5-7,10-11,17H2,1-2H3. The van der Waals surface area contributed by atoms with Crippen molar-refractivity contribution in [2.45, 2.75) is 43.9 Å². The maximum atomic E-state index is 6.22. The van der Waals surface area contributed by atoms with E-state index >= 15 is 0 Å². The average Bonchev–Trinajstić information content (AvgIpc) is 2.52. The molecule has 1 fully saturated rings. The third kappa shape index (κ3) is 3.95. The lowest BCUT2D eigenvalue weighted by atomic mass is 9.95. The first-order valence-electron chi connectivity index (χ1n) is 7.27. The van der Waals surface area contributed by atoms with E-state index in [0.717, 1.165) is 37.0 Å². The molecule has 0 aromatic heterocycles. The van der Waals surface area contributed by atoms with Gasteiger partial charge in [-0.15, -0.1) is 0 Å². The lowest BCUT2D eigenvalue weighted by Crippen LogP contribution is -2.30. The summed E-state index contributed by atoms with van der Waals surface area (Å²) in [4.78, 5) is 0. The summed E-state index contributed by atoms with van der Waals surface area (Å²) >= 11 is 0. The Morgan fingerprint density at radius 1 is 1.20 bits per heavy atom. The van der Waals surface area contributed by atoms with Gasteiger partial charge in [0.2, 0.25) is 0 Å². The highest BCUT2D eigenvalue weighted by atomic mass is 16.5. The number of nitrogens with two attached hydrogens (primary N) is 1. The zero-order valence-corrected chi connectivity index (χ0v) is 12.4. The van der Waals surface area contributed by atoms with E-state index in [9.17, 15) is 0 Å². The van der Waals surface area contributed by atoms with Crippen LogP contribution in [-0.4, -0.2) is 33.0 Å². The summed E-state index contributed by atoms with van der Waals surface area (Å²) in [5.41, 5.74) is 7.21. The lowest BCUT2D eigenvalue weighted by Gasteiger charge is -2.29. The number of rotatable bonds is 6. The predicted molar refractivity (Wildman–Crippen MR) is 78.9 cm³/mol. The van der Waals surface area contributed by atoms with E-state index in [-0.39, 0.29) is 12.1 Å². The average molecular weight is 279 g/mol. The molecule has 0 saturated heterocycles. The summed E-state index contributed by atoms with van der Waals surface area (Å²) in [7, 11) is 3.43. The predicted octanol–water partition coefficient (Wildman–Crippen LogP) is 2.67. The Balaban J connectivity index is 1.87. The summed E-state index contributed by atoms with van der Waals surface area (Å²) in [6, 6.07) is 7.68. The number of benzene rings is 1. The van der Waals surface area contributed by atoms with Crippen LogP contribution in [0, 0.1) is 0 Å². The van der Waals surface area contributed by atoms with Crippen LogP contribution in [0.15, 0.2) is 24.3 Å². The minimum atomic E-state index is -0.158. The summed E-state index contributed by atoms with van der Waals surface area (Å²) in [6.07, 6.45) is 4.95. The first kappa shape index (κ1) is 15.3. The third-order valence-electron chi connectivity index (χ3n) is 3.96. The van der Waals surface area contributed by atoms with E-state index in [0.29, 0.717) is 12.7 Å². The number of para-hydroxylation sites is 1. The van der Waals surface area contributed by atoms with Crippen LogP contribution in [0.1, 0.15) is 37.3 Å². The molecule has 0 radical (unpaired) electrons. The topological polar surface area (TPSA) is 53.7 Å². The van der Waals surface area contributed by atoms with Gasteiger partial charge >= 0.3 is 0 Å². The molecule has 2 rings (SSSR count). The second kappa shape index (κ2) is 7.62. The van der Waals surface area contributed by atoms with Gasteiger partial charge in [-0.05, 0) is 31.7 Å². The van der Waals surface area contributed by atoms with Crippen molar-refractivity contribution in [2.24, 2.45) is 5.73 Å². The first-order chi connectivity index (χ1) is 9.74. The monoisotopic (exact) mass is 279 g/mol. The normalized spacial score (nSPS) is 24.4. The van der Waals surface area contributed by atoms with Crippen molar-refractivity contribution in [1.82, 2.24) is 0 Å². The van der Waals surface area contributed by atoms with E-state index in [1.54, 1.807) is 14.2 Å². The van der Waals surface area contributed by atoms with Crippen LogP contribution in [0.4, 0.5) is 0 Å². The number of hydrogen-bond acceptors (Lipinski definition) is 4. The minimum Gasteiger partial charge on any atom is -0.496 e. The van der Waals surface area contributed by atoms with E-state index in [4.69, 9.17) is 19.9 Å². The molecule has 3 atom stereocenters. The molecule has 1 aromatic rings. The Hall–Kier alpha value is -1.10. The molecule has 112 valence electrons. The first-order valence-corrected chi connectivity index (χ1v) is 7.27. The smallest absolute Gasteiger partial charge is 0.123 e. The lowest BCUT2D eigenvalue weighted by molar-refractivity contribution is -0.0333. The van der Waals surface area contributed by atoms with Crippen molar-refractivity contribution in [2.75, 3.05) is 20.8 Å². The molecule has 4 nitrogen and oxygen atoms in total. The van der Waals surface area contributed by atoms with Gasteiger partial charge in [0.05, 0.1) is 32.0 Å². The van der Waals surface area contributed by atoms with Gasteiger partial charge in [-0.25, -0.2) is 0 Å². The van der Waals surface area contributed by atoms with Crippen molar-refractivity contribution in [3.8, 4) is 5.75 Å². The van der Waals surface area contributed by atoms with Gasteiger partial charge in [0.25, 0.3) is 0 Å². The molecule has 4 heteroatoms. The summed E-state index contributed by atoms with van der Waals surface area (Å²) in [5.74, 6) is 0.821. The van der Waals surface area contributed by atoms with E-state index in [1.807, 2.05) is 24.3 Å². The SMILES string of the molecule is COc1ccccc1C(N)COC1CCCC(OC)C1. The highest BCUT2D eigenvalue weighted by Crippen LogP contribution is 2.26. The van der Waals surface area contributed by atoms with Gasteiger partial charge in [-0.2, -0.15) is 0 Å². The molecule has 0 aliphatic heterocycles. The number of ether oxygens (including phenoxy) is 3. The van der Waals surface area contributed by atoms with Crippen LogP contribution < -0.4 is 10.5 Å². The van der Waals surface area contributed by atoms with Gasteiger partial charge in [-0.3, -0.25) is 0 Å². The Labute approximate surface area is 121 Å². The summed E-state index contributed by atoms with van der Waals surface area (Å²) in [6.45, 7) is 0.515. The number of hydrogen-bond donors (Lipinski definition) is 1. The Morgan fingerprint density at radius 3 is 2.70 bits per heavy atom. The molecule has 0 bridgehead atoms. The van der Waals surface area contributed by atoms with Gasteiger partial charge < -0.3 is 19.9 Å². The van der Waals surface area contributed by atoms with Crippen molar-refractivity contribution < 1.29 is 14.2 Å². The van der Waals surface area contributed by atoms with E-state index in [1.165, 1.54) is 0 Å². The fourth-order valence-electron chi connectivity index (χ4n) is 2.77. The van der Waals surface area contributed by atoms with Crippen molar-refractivity contribution in [1.29, 1.82) is 0 Å². The van der Waals surface area contributed by atoms with Gasteiger partial charge in [-0.1, -0.05) is 18.2 Å². The second-order valence-corrected chi connectivity index (χ2v) is 5.33. The molecule has 1 saturated carbocycles. The summed E-state index contributed by atoms with van der Waals surface area (Å²) in [5, 5.41) is 0. The molecule has 1 aromatic carbocycles. The Kier molecular flexibility index (Phi) is 5.83. The Morgan fingerprint density at radius 2 is 1.95 bits per heavy atom. The molecule has 3 unspecified atom stereocenters. The highest BCUT2D eigenvalue weighted by molar-refractivity contribution is 5.35. The van der Waals surface area contributed by atoms with Crippen molar-refractivity contribution in [3.05, 3.63) is 29.8 Å². The molecule has 0 spiro atoms. The molecular formula is C16H25NO3. The molecule has 0 heterocycles.